The van der Waals surface area contributed by atoms with Crippen molar-refractivity contribution >= 4 is 12.2 Å². The van der Waals surface area contributed by atoms with Crippen LogP contribution in [0.5, 0.6) is 5.75 Å². The van der Waals surface area contributed by atoms with Gasteiger partial charge in [0.15, 0.2) is 0 Å². The van der Waals surface area contributed by atoms with Crippen molar-refractivity contribution in [3.8, 4) is 5.75 Å². The number of piperidine rings is 1. The number of aliphatic hydroxyl groups is 1. The minimum atomic E-state index is -1.27. The fourth-order valence-electron chi connectivity index (χ4n) is 3.11. The smallest absolute Gasteiger partial charge is 0.229 e. The molecule has 1 fully saturated rings. The van der Waals surface area contributed by atoms with Gasteiger partial charge in [0.2, 0.25) is 5.91 Å². The zero-order valence-corrected chi connectivity index (χ0v) is 15.0. The highest BCUT2D eigenvalue weighted by atomic mass is 16.5. The molecule has 1 aliphatic rings. The van der Waals surface area contributed by atoms with Crippen LogP contribution < -0.4 is 4.74 Å². The maximum absolute atomic E-state index is 12.7. The third kappa shape index (κ3) is 5.85. The molecule has 1 saturated heterocycles. The summed E-state index contributed by atoms with van der Waals surface area (Å²) in [5.74, 6) is -0.0444. The first-order chi connectivity index (χ1) is 12.2. The van der Waals surface area contributed by atoms with E-state index in [-0.39, 0.29) is 5.91 Å². The Hall–Kier alpha value is -1.88. The summed E-state index contributed by atoms with van der Waals surface area (Å²) in [5.41, 5.74) is 0.916. The topological polar surface area (TPSA) is 66.8 Å². The normalized spacial score (nSPS) is 17.0. The Balaban J connectivity index is 2.01. The van der Waals surface area contributed by atoms with Crippen LogP contribution in [0.2, 0.25) is 0 Å². The van der Waals surface area contributed by atoms with Gasteiger partial charge in [0.1, 0.15) is 18.1 Å². The van der Waals surface area contributed by atoms with Gasteiger partial charge in [-0.1, -0.05) is 25.5 Å². The first-order valence-electron chi connectivity index (χ1n) is 9.29. The van der Waals surface area contributed by atoms with E-state index >= 15 is 0 Å². The zero-order valence-electron chi connectivity index (χ0n) is 15.0. The predicted molar refractivity (Wildman–Crippen MR) is 96.5 cm³/mol. The summed E-state index contributed by atoms with van der Waals surface area (Å²) in [6, 6.07) is 7.55. The Bertz CT molecular complexity index is 537. The van der Waals surface area contributed by atoms with E-state index in [9.17, 15) is 14.7 Å². The summed E-state index contributed by atoms with van der Waals surface area (Å²) in [7, 11) is 0. The van der Waals surface area contributed by atoms with Crippen LogP contribution in [0.1, 0.15) is 44.6 Å². The number of likely N-dealkylation sites (tertiary alicyclic amines) is 1. The number of hydrogen-bond acceptors (Lipinski definition) is 4. The molecule has 0 aromatic heterocycles. The molecule has 1 aromatic carbocycles. The molecule has 1 N–H and O–H groups in total. The van der Waals surface area contributed by atoms with Gasteiger partial charge in [0.05, 0.1) is 12.5 Å². The fourth-order valence-corrected chi connectivity index (χ4v) is 3.11. The minimum absolute atomic E-state index is 0.123. The zero-order chi connectivity index (χ0) is 18.1. The number of nitrogens with zero attached hydrogens (tertiary/aromatic N) is 1. The Kier molecular flexibility index (Phi) is 7.92. The van der Waals surface area contributed by atoms with Gasteiger partial charge in [-0.2, -0.15) is 0 Å². The number of carbonyl (C=O) groups excluding carboxylic acids is 2. The minimum Gasteiger partial charge on any atom is -0.494 e. The summed E-state index contributed by atoms with van der Waals surface area (Å²) < 4.78 is 5.64. The lowest BCUT2D eigenvalue weighted by molar-refractivity contribution is -0.142. The molecule has 25 heavy (non-hydrogen) atoms. The SMILES string of the molecule is CCCCOc1ccc(C[C@@H](C(=O)N2CCCCC2)[C@H](O)C=O)cc1. The molecule has 5 heteroatoms. The molecule has 2 atom stereocenters. The van der Waals surface area contributed by atoms with Gasteiger partial charge in [0, 0.05) is 13.1 Å². The van der Waals surface area contributed by atoms with Crippen molar-refractivity contribution in [3.63, 3.8) is 0 Å². The van der Waals surface area contributed by atoms with Crippen LogP contribution in [0, 0.1) is 5.92 Å². The summed E-state index contributed by atoms with van der Waals surface area (Å²) in [6.45, 7) is 4.23. The van der Waals surface area contributed by atoms with Crippen LogP contribution in [-0.4, -0.2) is 48.0 Å². The molecule has 1 aromatic rings. The molecule has 5 nitrogen and oxygen atoms in total. The average Bonchev–Trinajstić information content (AvgIpc) is 2.67. The lowest BCUT2D eigenvalue weighted by Gasteiger charge is -2.31. The molecule has 138 valence electrons. The van der Waals surface area contributed by atoms with Gasteiger partial charge >= 0.3 is 0 Å². The van der Waals surface area contributed by atoms with Crippen molar-refractivity contribution in [2.24, 2.45) is 5.92 Å². The van der Waals surface area contributed by atoms with Crippen molar-refractivity contribution in [3.05, 3.63) is 29.8 Å². The van der Waals surface area contributed by atoms with Crippen molar-refractivity contribution in [1.82, 2.24) is 4.90 Å². The summed E-state index contributed by atoms with van der Waals surface area (Å²) in [5, 5.41) is 10.0. The van der Waals surface area contributed by atoms with Crippen LogP contribution in [-0.2, 0) is 16.0 Å². The third-order valence-corrected chi connectivity index (χ3v) is 4.68. The van der Waals surface area contributed by atoms with E-state index in [1.54, 1.807) is 4.90 Å². The maximum atomic E-state index is 12.7. The monoisotopic (exact) mass is 347 g/mol. The molecule has 0 spiro atoms. The molecular formula is C20H29NO4. The van der Waals surface area contributed by atoms with E-state index < -0.39 is 12.0 Å². The van der Waals surface area contributed by atoms with Gasteiger partial charge in [-0.25, -0.2) is 0 Å². The number of unbranched alkanes of at least 4 members (excludes halogenated alkanes) is 1. The summed E-state index contributed by atoms with van der Waals surface area (Å²) in [6.07, 6.45) is 4.75. The van der Waals surface area contributed by atoms with Crippen LogP contribution >= 0.6 is 0 Å². The van der Waals surface area contributed by atoms with E-state index in [1.807, 2.05) is 24.3 Å². The molecule has 2 rings (SSSR count). The fraction of sp³-hybridized carbons (Fsp3) is 0.600. The Morgan fingerprint density at radius 1 is 1.24 bits per heavy atom. The highest BCUT2D eigenvalue weighted by molar-refractivity contribution is 5.83. The molecule has 0 radical (unpaired) electrons. The first-order valence-corrected chi connectivity index (χ1v) is 9.29. The molecule has 1 heterocycles. The van der Waals surface area contributed by atoms with E-state index in [4.69, 9.17) is 4.74 Å². The van der Waals surface area contributed by atoms with Gasteiger partial charge in [-0.05, 0) is 49.8 Å². The number of amides is 1. The Labute approximate surface area is 150 Å². The largest absolute Gasteiger partial charge is 0.494 e. The molecular weight excluding hydrogens is 318 g/mol. The van der Waals surface area contributed by atoms with Gasteiger partial charge < -0.3 is 19.5 Å². The first kappa shape index (κ1) is 19.4. The van der Waals surface area contributed by atoms with E-state index in [0.29, 0.717) is 32.4 Å². The Morgan fingerprint density at radius 3 is 2.52 bits per heavy atom. The lowest BCUT2D eigenvalue weighted by atomic mass is 9.92. The van der Waals surface area contributed by atoms with E-state index in [2.05, 4.69) is 6.92 Å². The molecule has 1 aliphatic heterocycles. The molecule has 1 amide bonds. The summed E-state index contributed by atoms with van der Waals surface area (Å²) in [4.78, 5) is 25.6. The number of rotatable bonds is 9. The number of hydrogen-bond donors (Lipinski definition) is 1. The number of benzene rings is 1. The highest BCUT2D eigenvalue weighted by Gasteiger charge is 2.31. The Morgan fingerprint density at radius 2 is 1.92 bits per heavy atom. The van der Waals surface area contributed by atoms with Gasteiger partial charge in [-0.15, -0.1) is 0 Å². The van der Waals surface area contributed by atoms with Crippen molar-refractivity contribution < 1.29 is 19.4 Å². The van der Waals surface area contributed by atoms with Crippen LogP contribution in [0.4, 0.5) is 0 Å². The molecule has 0 unspecified atom stereocenters. The molecule has 0 aliphatic carbocycles. The van der Waals surface area contributed by atoms with Crippen LogP contribution in [0.25, 0.3) is 0 Å². The number of carbonyl (C=O) groups is 2. The second-order valence-corrected chi connectivity index (χ2v) is 6.67. The van der Waals surface area contributed by atoms with Crippen LogP contribution in [0.3, 0.4) is 0 Å². The number of aliphatic hydroxyl groups excluding tert-OH is 1. The lowest BCUT2D eigenvalue weighted by Crippen LogP contribution is -2.44. The van der Waals surface area contributed by atoms with Gasteiger partial charge in [-0.3, -0.25) is 4.79 Å². The van der Waals surface area contributed by atoms with Gasteiger partial charge in [0.25, 0.3) is 0 Å². The second-order valence-electron chi connectivity index (χ2n) is 6.67. The maximum Gasteiger partial charge on any atom is 0.229 e. The third-order valence-electron chi connectivity index (χ3n) is 4.68. The van der Waals surface area contributed by atoms with E-state index in [0.717, 1.165) is 43.4 Å². The van der Waals surface area contributed by atoms with Crippen molar-refractivity contribution in [2.45, 2.75) is 51.6 Å². The van der Waals surface area contributed by atoms with Crippen LogP contribution in [0.15, 0.2) is 24.3 Å². The molecule has 0 bridgehead atoms. The van der Waals surface area contributed by atoms with E-state index in [1.165, 1.54) is 0 Å². The van der Waals surface area contributed by atoms with Crippen molar-refractivity contribution in [1.29, 1.82) is 0 Å². The quantitative estimate of drug-likeness (QED) is 0.551. The standard InChI is InChI=1S/C20H29NO4/c1-2-3-13-25-17-9-7-16(8-10-17)14-18(19(23)15-22)20(24)21-11-5-4-6-12-21/h7-10,15,18-19,23H,2-6,11-14H2,1H3/t18-,19-/m1/s1. The van der Waals surface area contributed by atoms with Crippen molar-refractivity contribution in [2.75, 3.05) is 19.7 Å². The predicted octanol–water partition coefficient (Wildman–Crippen LogP) is 2.60. The average molecular weight is 347 g/mol. The molecule has 0 saturated carbocycles. The highest BCUT2D eigenvalue weighted by Crippen LogP contribution is 2.20. The number of ether oxygens (including phenoxy) is 1. The second kappa shape index (κ2) is 10.2. The summed E-state index contributed by atoms with van der Waals surface area (Å²) >= 11 is 0. The number of aldehydes is 1.